The van der Waals surface area contributed by atoms with Crippen molar-refractivity contribution in [1.29, 1.82) is 0 Å². The fourth-order valence-electron chi connectivity index (χ4n) is 3.64. The van der Waals surface area contributed by atoms with E-state index in [9.17, 15) is 27.9 Å². The van der Waals surface area contributed by atoms with Crippen LogP contribution in [0.4, 0.5) is 13.2 Å². The average Bonchev–Trinajstić information content (AvgIpc) is 3.11. The Balaban J connectivity index is 2.07. The summed E-state index contributed by atoms with van der Waals surface area (Å²) in [7, 11) is 0. The number of fused-ring (bicyclic) bond motifs is 1. The molecule has 188 valence electrons. The number of rotatable bonds is 4. The van der Waals surface area contributed by atoms with Crippen LogP contribution in [0.3, 0.4) is 0 Å². The molecule has 6 nitrogen and oxygen atoms in total. The minimum absolute atomic E-state index is 0.0347. The lowest BCUT2D eigenvalue weighted by atomic mass is 9.95. The van der Waals surface area contributed by atoms with E-state index in [-0.39, 0.29) is 27.3 Å². The van der Waals surface area contributed by atoms with E-state index in [0.29, 0.717) is 14.2 Å². The summed E-state index contributed by atoms with van der Waals surface area (Å²) in [6.45, 7) is 1.29. The van der Waals surface area contributed by atoms with E-state index in [0.717, 1.165) is 19.5 Å². The van der Waals surface area contributed by atoms with Crippen molar-refractivity contribution in [2.45, 2.75) is 19.1 Å². The Morgan fingerprint density at radius 3 is 2.56 bits per heavy atom. The molecule has 1 N–H and O–H groups in total. The maximum atomic E-state index is 14.1. The van der Waals surface area contributed by atoms with Gasteiger partial charge in [0.05, 0.1) is 26.3 Å². The number of phenolic OH excluding ortho intramolecular Hbond substituents is 1. The molecule has 1 aliphatic rings. The average molecular weight is 761 g/mol. The minimum Gasteiger partial charge on any atom is -0.506 e. The summed E-state index contributed by atoms with van der Waals surface area (Å²) in [5.74, 6) is -1.30. The lowest BCUT2D eigenvalue weighted by molar-refractivity contribution is -0.140. The quantitative estimate of drug-likeness (QED) is 0.303. The van der Waals surface area contributed by atoms with E-state index in [1.54, 1.807) is 12.1 Å². The minimum atomic E-state index is -4.99. The van der Waals surface area contributed by atoms with Gasteiger partial charge in [-0.15, -0.1) is 0 Å². The fourth-order valence-corrected chi connectivity index (χ4v) is 6.65. The zero-order valence-corrected chi connectivity index (χ0v) is 24.0. The van der Waals surface area contributed by atoms with Crippen LogP contribution >= 0.6 is 68.1 Å². The van der Waals surface area contributed by atoms with Crippen LogP contribution in [0.2, 0.25) is 5.02 Å². The van der Waals surface area contributed by atoms with Crippen molar-refractivity contribution >= 4 is 80.2 Å². The van der Waals surface area contributed by atoms with Crippen molar-refractivity contribution in [2.24, 2.45) is 4.99 Å². The number of carbonyl (C=O) groups is 1. The first-order chi connectivity index (χ1) is 16.9. The van der Waals surface area contributed by atoms with Crippen LogP contribution in [0.1, 0.15) is 24.1 Å². The summed E-state index contributed by atoms with van der Waals surface area (Å²) < 4.78 is 49.7. The molecule has 4 rings (SSSR count). The molecule has 1 aromatic heterocycles. The molecule has 0 saturated heterocycles. The molecule has 0 amide bonds. The third-order valence-corrected chi connectivity index (χ3v) is 7.81. The molecule has 0 radical (unpaired) electrons. The number of phenols is 1. The summed E-state index contributed by atoms with van der Waals surface area (Å²) in [6.07, 6.45) is -3.60. The van der Waals surface area contributed by atoms with Crippen LogP contribution in [-0.4, -0.2) is 28.4 Å². The maximum Gasteiger partial charge on any atom is 0.434 e. The van der Waals surface area contributed by atoms with E-state index >= 15 is 0 Å². The van der Waals surface area contributed by atoms with Crippen LogP contribution < -0.4 is 14.9 Å². The zero-order valence-electron chi connectivity index (χ0n) is 18.1. The van der Waals surface area contributed by atoms with Crippen molar-refractivity contribution in [2.75, 3.05) is 6.61 Å². The van der Waals surface area contributed by atoms with Gasteiger partial charge in [-0.05, 0) is 88.0 Å². The number of hydrogen-bond acceptors (Lipinski definition) is 6. The van der Waals surface area contributed by atoms with Gasteiger partial charge in [0.1, 0.15) is 5.75 Å². The van der Waals surface area contributed by atoms with Gasteiger partial charge in [-0.3, -0.25) is 9.36 Å². The largest absolute Gasteiger partial charge is 0.506 e. The Labute approximate surface area is 238 Å². The topological polar surface area (TPSA) is 80.9 Å². The van der Waals surface area contributed by atoms with Gasteiger partial charge in [0, 0.05) is 14.2 Å². The van der Waals surface area contributed by atoms with Crippen molar-refractivity contribution in [3.8, 4) is 5.75 Å². The van der Waals surface area contributed by atoms with Crippen LogP contribution in [0.5, 0.6) is 5.75 Å². The number of halogens is 6. The normalized spacial score (nSPS) is 16.1. The Bertz CT molecular complexity index is 1580. The lowest BCUT2D eigenvalue weighted by Gasteiger charge is -2.26. The molecule has 36 heavy (non-hydrogen) atoms. The number of ether oxygens (including phenoxy) is 1. The van der Waals surface area contributed by atoms with Gasteiger partial charge >= 0.3 is 12.1 Å². The highest BCUT2D eigenvalue weighted by Gasteiger charge is 2.45. The van der Waals surface area contributed by atoms with E-state index < -0.39 is 35.0 Å². The highest BCUT2D eigenvalue weighted by Crippen LogP contribution is 2.38. The number of aromatic nitrogens is 1. The second-order valence-electron chi connectivity index (χ2n) is 7.44. The summed E-state index contributed by atoms with van der Waals surface area (Å²) in [4.78, 5) is 29.8. The highest BCUT2D eigenvalue weighted by atomic mass is 127. The first kappa shape index (κ1) is 27.1. The van der Waals surface area contributed by atoms with Gasteiger partial charge in [0.15, 0.2) is 10.5 Å². The zero-order chi connectivity index (χ0) is 26.4. The van der Waals surface area contributed by atoms with Crippen LogP contribution in [-0.2, 0) is 9.53 Å². The fraction of sp³-hybridized carbons (Fsp3) is 0.174. The summed E-state index contributed by atoms with van der Waals surface area (Å²) in [5, 5.41) is 10.8. The number of alkyl halides is 3. The summed E-state index contributed by atoms with van der Waals surface area (Å²) in [5.41, 5.74) is -2.36. The molecule has 2 heterocycles. The smallest absolute Gasteiger partial charge is 0.434 e. The molecular formula is C23H14ClF3I2N2O4S. The SMILES string of the molecule is CCOC(=O)C1=C(C(F)(F)F)N=c2s/c(=C\c3cc(I)cc(I)c3O)c(=O)n2[C@H]1c1ccc(Cl)cc1. The monoisotopic (exact) mass is 760 g/mol. The first-order valence-corrected chi connectivity index (χ1v) is 13.5. The summed E-state index contributed by atoms with van der Waals surface area (Å²) in [6, 6.07) is 7.70. The molecule has 0 spiro atoms. The predicted octanol–water partition coefficient (Wildman–Crippen LogP) is 4.91. The predicted molar refractivity (Wildman–Crippen MR) is 146 cm³/mol. The molecule has 3 aromatic rings. The molecule has 0 bridgehead atoms. The number of esters is 1. The Morgan fingerprint density at radius 2 is 1.94 bits per heavy atom. The van der Waals surface area contributed by atoms with Crippen molar-refractivity contribution in [3.05, 3.63) is 90.6 Å². The van der Waals surface area contributed by atoms with Gasteiger partial charge in [0.25, 0.3) is 5.56 Å². The second-order valence-corrected chi connectivity index (χ2v) is 11.3. The van der Waals surface area contributed by atoms with Crippen LogP contribution in [0.25, 0.3) is 6.08 Å². The number of nitrogens with zero attached hydrogens (tertiary/aromatic N) is 2. The van der Waals surface area contributed by atoms with E-state index in [1.807, 2.05) is 22.6 Å². The number of carbonyl (C=O) groups excluding carboxylic acids is 1. The molecule has 13 heteroatoms. The van der Waals surface area contributed by atoms with Gasteiger partial charge in [-0.2, -0.15) is 13.2 Å². The Hall–Kier alpha value is -1.91. The van der Waals surface area contributed by atoms with Gasteiger partial charge in [-0.1, -0.05) is 35.1 Å². The number of aromatic hydroxyl groups is 1. The van der Waals surface area contributed by atoms with Gasteiger partial charge in [-0.25, -0.2) is 9.79 Å². The number of thiazole rings is 1. The third-order valence-electron chi connectivity index (χ3n) is 5.12. The van der Waals surface area contributed by atoms with Crippen molar-refractivity contribution < 1.29 is 27.8 Å². The molecule has 0 saturated carbocycles. The van der Waals surface area contributed by atoms with E-state index in [2.05, 4.69) is 27.6 Å². The van der Waals surface area contributed by atoms with Crippen molar-refractivity contribution in [1.82, 2.24) is 4.57 Å². The maximum absolute atomic E-state index is 14.1. The standard InChI is InChI=1S/C23H14ClF3I2N2O4S/c1-2-35-21(34)16-17(10-3-5-12(24)6-4-10)31-20(33)15(36-22(31)30-19(16)23(25,26)27)8-11-7-13(28)9-14(29)18(11)32/h3-9,17,32H,2H2,1H3/b15-8-/t17-/m0/s1. The molecule has 0 aliphatic carbocycles. The Morgan fingerprint density at radius 1 is 1.28 bits per heavy atom. The number of allylic oxidation sites excluding steroid dienone is 1. The molecule has 1 aliphatic heterocycles. The summed E-state index contributed by atoms with van der Waals surface area (Å²) >= 11 is 10.7. The number of benzene rings is 2. The van der Waals surface area contributed by atoms with E-state index in [1.165, 1.54) is 37.3 Å². The molecule has 2 aromatic carbocycles. The molecule has 0 unspecified atom stereocenters. The number of hydrogen-bond donors (Lipinski definition) is 1. The van der Waals surface area contributed by atoms with Crippen LogP contribution in [0, 0.1) is 7.14 Å². The molecular weight excluding hydrogens is 747 g/mol. The Kier molecular flexibility index (Phi) is 7.88. The second kappa shape index (κ2) is 10.5. The third kappa shape index (κ3) is 5.22. The molecule has 0 fully saturated rings. The van der Waals surface area contributed by atoms with Crippen LogP contribution in [0.15, 0.2) is 57.5 Å². The van der Waals surface area contributed by atoms with Crippen molar-refractivity contribution in [3.63, 3.8) is 0 Å². The first-order valence-electron chi connectivity index (χ1n) is 10.2. The van der Waals surface area contributed by atoms with E-state index in [4.69, 9.17) is 16.3 Å². The van der Waals surface area contributed by atoms with Gasteiger partial charge < -0.3 is 9.84 Å². The highest BCUT2D eigenvalue weighted by molar-refractivity contribution is 14.1. The molecule has 1 atom stereocenters. The van der Waals surface area contributed by atoms with Gasteiger partial charge in [0.2, 0.25) is 0 Å². The lowest BCUT2D eigenvalue weighted by Crippen LogP contribution is -2.41.